The summed E-state index contributed by atoms with van der Waals surface area (Å²) in [6, 6.07) is 0.175. The largest absolute Gasteiger partial charge is 0.480 e. The maximum Gasteiger partial charge on any atom is 0.320 e. The number of carboxylic acid groups (broad SMARTS) is 1. The molecule has 21 heavy (non-hydrogen) atoms. The van der Waals surface area contributed by atoms with Crippen molar-refractivity contribution in [2.75, 3.05) is 32.7 Å². The van der Waals surface area contributed by atoms with E-state index in [-0.39, 0.29) is 6.03 Å². The van der Waals surface area contributed by atoms with Gasteiger partial charge in [0.2, 0.25) is 0 Å². The first-order valence-corrected chi connectivity index (χ1v) is 8.08. The number of rotatable bonds is 5. The lowest BCUT2D eigenvalue weighted by Gasteiger charge is -2.39. The first kappa shape index (κ1) is 14.6. The Kier molecular flexibility index (Phi) is 4.06. The van der Waals surface area contributed by atoms with Gasteiger partial charge in [-0.15, -0.1) is 0 Å². The average molecular weight is 295 g/mol. The molecule has 1 atom stereocenters. The number of aliphatic carboxylic acids is 1. The van der Waals surface area contributed by atoms with Gasteiger partial charge in [-0.3, -0.25) is 9.69 Å². The van der Waals surface area contributed by atoms with Crippen molar-refractivity contribution < 1.29 is 14.7 Å². The van der Waals surface area contributed by atoms with Crippen LogP contribution in [0.4, 0.5) is 4.79 Å². The zero-order chi connectivity index (χ0) is 15.0. The molecule has 0 radical (unpaired) electrons. The maximum atomic E-state index is 12.7. The fourth-order valence-corrected chi connectivity index (χ4v) is 2.99. The molecule has 1 N–H and O–H groups in total. The van der Waals surface area contributed by atoms with E-state index >= 15 is 0 Å². The number of urea groups is 1. The molecule has 3 aliphatic rings. The molecular weight excluding hydrogens is 270 g/mol. The molecule has 0 bridgehead atoms. The molecule has 2 amide bonds. The maximum absolute atomic E-state index is 12.7. The van der Waals surface area contributed by atoms with Crippen LogP contribution < -0.4 is 0 Å². The number of hydrogen-bond donors (Lipinski definition) is 1. The third kappa shape index (κ3) is 3.48. The van der Waals surface area contributed by atoms with Crippen molar-refractivity contribution in [3.63, 3.8) is 0 Å². The predicted octanol–water partition coefficient (Wildman–Crippen LogP) is 1.07. The quantitative estimate of drug-likeness (QED) is 0.824. The molecule has 0 aromatic rings. The van der Waals surface area contributed by atoms with E-state index in [1.165, 1.54) is 12.8 Å². The standard InChI is InChI=1S/C15H25N3O3/c1-11(14(19)20)16-6-8-17(9-7-16)15(21)18(13-4-5-13)10-12-2-3-12/h11-13H,2-10H2,1H3,(H,19,20). The summed E-state index contributed by atoms with van der Waals surface area (Å²) in [7, 11) is 0. The highest BCUT2D eigenvalue weighted by Crippen LogP contribution is 2.35. The minimum absolute atomic E-state index is 0.173. The Balaban J connectivity index is 1.52. The van der Waals surface area contributed by atoms with E-state index in [4.69, 9.17) is 5.11 Å². The van der Waals surface area contributed by atoms with Crippen molar-refractivity contribution in [1.82, 2.24) is 14.7 Å². The van der Waals surface area contributed by atoms with Crippen molar-refractivity contribution in [3.05, 3.63) is 0 Å². The van der Waals surface area contributed by atoms with Crippen molar-refractivity contribution in [2.24, 2.45) is 5.92 Å². The fourth-order valence-electron chi connectivity index (χ4n) is 2.99. The topological polar surface area (TPSA) is 64.1 Å². The minimum Gasteiger partial charge on any atom is -0.480 e. The number of amides is 2. The summed E-state index contributed by atoms with van der Waals surface area (Å²) >= 11 is 0. The van der Waals surface area contributed by atoms with Crippen LogP contribution in [0, 0.1) is 5.92 Å². The molecular formula is C15H25N3O3. The molecule has 2 aliphatic carbocycles. The molecule has 3 rings (SSSR count). The van der Waals surface area contributed by atoms with Gasteiger partial charge in [0.1, 0.15) is 6.04 Å². The zero-order valence-electron chi connectivity index (χ0n) is 12.7. The number of carboxylic acids is 1. The highest BCUT2D eigenvalue weighted by molar-refractivity contribution is 5.76. The van der Waals surface area contributed by atoms with Crippen molar-refractivity contribution in [3.8, 4) is 0 Å². The highest BCUT2D eigenvalue weighted by Gasteiger charge is 2.39. The van der Waals surface area contributed by atoms with Crippen LogP contribution in [0.15, 0.2) is 0 Å². The fraction of sp³-hybridized carbons (Fsp3) is 0.867. The smallest absolute Gasteiger partial charge is 0.320 e. The van der Waals surface area contributed by atoms with Gasteiger partial charge in [-0.1, -0.05) is 0 Å². The zero-order valence-corrected chi connectivity index (χ0v) is 12.7. The summed E-state index contributed by atoms with van der Waals surface area (Å²) in [4.78, 5) is 29.6. The Hall–Kier alpha value is -1.30. The molecule has 0 spiro atoms. The number of hydrogen-bond acceptors (Lipinski definition) is 3. The Morgan fingerprint density at radius 1 is 1.14 bits per heavy atom. The van der Waals surface area contributed by atoms with Crippen LogP contribution in [0.1, 0.15) is 32.6 Å². The summed E-state index contributed by atoms with van der Waals surface area (Å²) < 4.78 is 0. The minimum atomic E-state index is -0.789. The lowest BCUT2D eigenvalue weighted by molar-refractivity contribution is -0.143. The van der Waals surface area contributed by atoms with E-state index in [1.807, 2.05) is 9.80 Å². The second-order valence-corrected chi connectivity index (χ2v) is 6.65. The predicted molar refractivity (Wildman–Crippen MR) is 78.1 cm³/mol. The van der Waals surface area contributed by atoms with Gasteiger partial charge in [0.25, 0.3) is 0 Å². The molecule has 1 aliphatic heterocycles. The van der Waals surface area contributed by atoms with Gasteiger partial charge in [0.05, 0.1) is 0 Å². The van der Waals surface area contributed by atoms with Gasteiger partial charge in [-0.2, -0.15) is 0 Å². The Labute approximate surface area is 125 Å². The van der Waals surface area contributed by atoms with E-state index in [2.05, 4.69) is 4.90 Å². The van der Waals surface area contributed by atoms with Gasteiger partial charge < -0.3 is 14.9 Å². The first-order chi connectivity index (χ1) is 10.1. The third-order valence-corrected chi connectivity index (χ3v) is 4.88. The van der Waals surface area contributed by atoms with E-state index in [0.717, 1.165) is 25.3 Å². The molecule has 3 fully saturated rings. The van der Waals surface area contributed by atoms with Crippen LogP contribution in [-0.2, 0) is 4.79 Å². The van der Waals surface area contributed by atoms with Gasteiger partial charge in [-0.25, -0.2) is 4.79 Å². The molecule has 118 valence electrons. The van der Waals surface area contributed by atoms with E-state index < -0.39 is 12.0 Å². The molecule has 6 heteroatoms. The Bertz CT molecular complexity index is 412. The van der Waals surface area contributed by atoms with Gasteiger partial charge in [0.15, 0.2) is 0 Å². The van der Waals surface area contributed by atoms with Gasteiger partial charge in [-0.05, 0) is 38.5 Å². The van der Waals surface area contributed by atoms with E-state index in [9.17, 15) is 9.59 Å². The normalized spacial score (nSPS) is 24.7. The number of piperazine rings is 1. The Morgan fingerprint density at radius 3 is 2.24 bits per heavy atom. The molecule has 1 heterocycles. The number of nitrogens with zero attached hydrogens (tertiary/aromatic N) is 3. The summed E-state index contributed by atoms with van der Waals surface area (Å²) in [5.74, 6) is -0.0639. The summed E-state index contributed by atoms with van der Waals surface area (Å²) in [6.07, 6.45) is 4.82. The third-order valence-electron chi connectivity index (χ3n) is 4.88. The van der Waals surface area contributed by atoms with Gasteiger partial charge in [0, 0.05) is 38.8 Å². The SMILES string of the molecule is CC(C(=O)O)N1CCN(C(=O)N(CC2CC2)C2CC2)CC1. The van der Waals surface area contributed by atoms with Crippen LogP contribution >= 0.6 is 0 Å². The number of carbonyl (C=O) groups is 2. The molecule has 1 unspecified atom stereocenters. The molecule has 0 aromatic heterocycles. The van der Waals surface area contributed by atoms with Crippen LogP contribution in [0.5, 0.6) is 0 Å². The second kappa shape index (κ2) is 5.83. The lowest BCUT2D eigenvalue weighted by Crippen LogP contribution is -2.56. The summed E-state index contributed by atoms with van der Waals surface area (Å²) in [6.45, 7) is 5.23. The molecule has 2 saturated carbocycles. The highest BCUT2D eigenvalue weighted by atomic mass is 16.4. The second-order valence-electron chi connectivity index (χ2n) is 6.65. The molecule has 6 nitrogen and oxygen atoms in total. The molecule has 1 saturated heterocycles. The van der Waals surface area contributed by atoms with Crippen LogP contribution in [0.3, 0.4) is 0 Å². The summed E-state index contributed by atoms with van der Waals surface area (Å²) in [5, 5.41) is 9.05. The molecule has 0 aromatic carbocycles. The Morgan fingerprint density at radius 2 is 1.76 bits per heavy atom. The van der Waals surface area contributed by atoms with Crippen LogP contribution in [0.25, 0.3) is 0 Å². The first-order valence-electron chi connectivity index (χ1n) is 8.08. The summed E-state index contributed by atoms with van der Waals surface area (Å²) in [5.41, 5.74) is 0. The monoisotopic (exact) mass is 295 g/mol. The number of carbonyl (C=O) groups excluding carboxylic acids is 1. The van der Waals surface area contributed by atoms with E-state index in [0.29, 0.717) is 32.2 Å². The van der Waals surface area contributed by atoms with E-state index in [1.54, 1.807) is 6.92 Å². The van der Waals surface area contributed by atoms with Crippen molar-refractivity contribution in [1.29, 1.82) is 0 Å². The van der Waals surface area contributed by atoms with Gasteiger partial charge >= 0.3 is 12.0 Å². The lowest BCUT2D eigenvalue weighted by atomic mass is 10.2. The van der Waals surface area contributed by atoms with Crippen LogP contribution in [0.2, 0.25) is 0 Å². The van der Waals surface area contributed by atoms with Crippen molar-refractivity contribution >= 4 is 12.0 Å². The average Bonchev–Trinajstić information content (AvgIpc) is 3.37. The van der Waals surface area contributed by atoms with Crippen molar-refractivity contribution in [2.45, 2.75) is 44.7 Å². The van der Waals surface area contributed by atoms with Crippen LogP contribution in [-0.4, -0.2) is 76.6 Å².